The Labute approximate surface area is 117 Å². The molecule has 100 valence electrons. The van der Waals surface area contributed by atoms with Crippen molar-refractivity contribution < 1.29 is 4.74 Å². The van der Waals surface area contributed by atoms with Gasteiger partial charge in [-0.2, -0.15) is 0 Å². The van der Waals surface area contributed by atoms with Gasteiger partial charge in [-0.25, -0.2) is 9.97 Å². The number of rotatable bonds is 5. The van der Waals surface area contributed by atoms with Crippen molar-refractivity contribution in [1.82, 2.24) is 9.97 Å². The van der Waals surface area contributed by atoms with E-state index in [4.69, 9.17) is 16.3 Å². The van der Waals surface area contributed by atoms with E-state index < -0.39 is 0 Å². The van der Waals surface area contributed by atoms with Gasteiger partial charge in [-0.3, -0.25) is 0 Å². The Morgan fingerprint density at radius 3 is 2.47 bits per heavy atom. The highest BCUT2D eigenvalue weighted by Crippen LogP contribution is 2.12. The lowest BCUT2D eigenvalue weighted by Crippen LogP contribution is -2.24. The number of hydrogen-bond donors (Lipinski definition) is 1. The van der Waals surface area contributed by atoms with Crippen LogP contribution in [0.2, 0.25) is 5.02 Å². The molecule has 0 aliphatic rings. The molecule has 0 aliphatic carbocycles. The van der Waals surface area contributed by atoms with Crippen molar-refractivity contribution in [2.45, 2.75) is 19.9 Å². The molecule has 0 saturated heterocycles. The van der Waals surface area contributed by atoms with E-state index in [1.165, 1.54) is 5.56 Å². The summed E-state index contributed by atoms with van der Waals surface area (Å²) in [5, 5.41) is 3.67. The number of ether oxygens (including phenoxy) is 1. The highest BCUT2D eigenvalue weighted by Gasteiger charge is 2.05. The summed E-state index contributed by atoms with van der Waals surface area (Å²) in [7, 11) is 0. The third kappa shape index (κ3) is 4.41. The Kier molecular flexibility index (Phi) is 4.58. The SMILES string of the molecule is Cc1ccc(OCC(C)Nc2ncc(Cl)cn2)cc1. The van der Waals surface area contributed by atoms with Crippen LogP contribution in [0.1, 0.15) is 12.5 Å². The van der Waals surface area contributed by atoms with Crippen LogP contribution >= 0.6 is 11.6 Å². The van der Waals surface area contributed by atoms with Gasteiger partial charge in [-0.1, -0.05) is 29.3 Å². The maximum Gasteiger partial charge on any atom is 0.223 e. The van der Waals surface area contributed by atoms with Gasteiger partial charge in [0, 0.05) is 0 Å². The molecule has 1 heterocycles. The van der Waals surface area contributed by atoms with Crippen LogP contribution in [0.3, 0.4) is 0 Å². The van der Waals surface area contributed by atoms with Crippen molar-refractivity contribution in [1.29, 1.82) is 0 Å². The van der Waals surface area contributed by atoms with Crippen LogP contribution in [0.25, 0.3) is 0 Å². The first-order chi connectivity index (χ1) is 9.13. The molecular formula is C14H16ClN3O. The molecule has 1 N–H and O–H groups in total. The molecule has 0 amide bonds. The van der Waals surface area contributed by atoms with Crippen LogP contribution in [0.5, 0.6) is 5.75 Å². The molecule has 0 spiro atoms. The maximum atomic E-state index is 5.72. The minimum atomic E-state index is 0.0995. The van der Waals surface area contributed by atoms with Crippen LogP contribution in [-0.4, -0.2) is 22.6 Å². The lowest BCUT2D eigenvalue weighted by molar-refractivity contribution is 0.303. The minimum Gasteiger partial charge on any atom is -0.491 e. The van der Waals surface area contributed by atoms with Gasteiger partial charge < -0.3 is 10.1 Å². The maximum absolute atomic E-state index is 5.72. The fourth-order valence-electron chi connectivity index (χ4n) is 1.50. The van der Waals surface area contributed by atoms with Crippen LogP contribution in [0, 0.1) is 6.92 Å². The number of nitrogens with zero attached hydrogens (tertiary/aromatic N) is 2. The van der Waals surface area contributed by atoms with Crippen LogP contribution in [0.15, 0.2) is 36.7 Å². The van der Waals surface area contributed by atoms with Crippen molar-refractivity contribution in [3.8, 4) is 5.75 Å². The first kappa shape index (κ1) is 13.6. The average molecular weight is 278 g/mol. The molecule has 1 aromatic carbocycles. The van der Waals surface area contributed by atoms with Gasteiger partial charge in [0.1, 0.15) is 12.4 Å². The van der Waals surface area contributed by atoms with Gasteiger partial charge in [0.2, 0.25) is 5.95 Å². The Morgan fingerprint density at radius 1 is 1.21 bits per heavy atom. The zero-order valence-electron chi connectivity index (χ0n) is 10.9. The molecule has 4 nitrogen and oxygen atoms in total. The smallest absolute Gasteiger partial charge is 0.223 e. The topological polar surface area (TPSA) is 47.0 Å². The fraction of sp³-hybridized carbons (Fsp3) is 0.286. The molecule has 19 heavy (non-hydrogen) atoms. The highest BCUT2D eigenvalue weighted by molar-refractivity contribution is 6.30. The molecule has 5 heteroatoms. The summed E-state index contributed by atoms with van der Waals surface area (Å²) in [5.41, 5.74) is 1.22. The van der Waals surface area contributed by atoms with Gasteiger partial charge in [0.25, 0.3) is 0 Å². The normalized spacial score (nSPS) is 11.9. The van der Waals surface area contributed by atoms with Crippen molar-refractivity contribution in [3.05, 3.63) is 47.2 Å². The van der Waals surface area contributed by atoms with E-state index in [-0.39, 0.29) is 6.04 Å². The third-order valence-electron chi connectivity index (χ3n) is 2.52. The van der Waals surface area contributed by atoms with Crippen LogP contribution < -0.4 is 10.1 Å². The molecule has 2 aromatic rings. The number of aryl methyl sites for hydroxylation is 1. The molecule has 2 rings (SSSR count). The molecule has 0 saturated carbocycles. The largest absolute Gasteiger partial charge is 0.491 e. The van der Waals surface area contributed by atoms with Gasteiger partial charge in [0.05, 0.1) is 23.5 Å². The van der Waals surface area contributed by atoms with Crippen LogP contribution in [-0.2, 0) is 0 Å². The number of hydrogen-bond acceptors (Lipinski definition) is 4. The Balaban J connectivity index is 1.82. The molecular weight excluding hydrogens is 262 g/mol. The monoisotopic (exact) mass is 277 g/mol. The predicted octanol–water partition coefficient (Wildman–Crippen LogP) is 3.32. The van der Waals surface area contributed by atoms with Gasteiger partial charge >= 0.3 is 0 Å². The molecule has 1 unspecified atom stereocenters. The number of aromatic nitrogens is 2. The molecule has 0 fully saturated rings. The second-order valence-corrected chi connectivity index (χ2v) is 4.83. The number of benzene rings is 1. The second kappa shape index (κ2) is 6.38. The van der Waals surface area contributed by atoms with E-state index >= 15 is 0 Å². The van der Waals surface area contributed by atoms with Crippen molar-refractivity contribution in [2.75, 3.05) is 11.9 Å². The summed E-state index contributed by atoms with van der Waals surface area (Å²) in [6, 6.07) is 8.06. The van der Waals surface area contributed by atoms with Gasteiger partial charge in [0.15, 0.2) is 0 Å². The second-order valence-electron chi connectivity index (χ2n) is 4.39. The van der Waals surface area contributed by atoms with E-state index in [0.29, 0.717) is 17.6 Å². The Morgan fingerprint density at radius 2 is 1.84 bits per heavy atom. The summed E-state index contributed by atoms with van der Waals surface area (Å²) in [4.78, 5) is 8.15. The van der Waals surface area contributed by atoms with Gasteiger partial charge in [-0.05, 0) is 26.0 Å². The van der Waals surface area contributed by atoms with Crippen molar-refractivity contribution in [2.24, 2.45) is 0 Å². The van der Waals surface area contributed by atoms with E-state index in [9.17, 15) is 0 Å². The third-order valence-corrected chi connectivity index (χ3v) is 2.71. The van der Waals surface area contributed by atoms with Gasteiger partial charge in [-0.15, -0.1) is 0 Å². The average Bonchev–Trinajstić information content (AvgIpc) is 2.41. The zero-order valence-corrected chi connectivity index (χ0v) is 11.7. The zero-order chi connectivity index (χ0) is 13.7. The molecule has 0 radical (unpaired) electrons. The summed E-state index contributed by atoms with van der Waals surface area (Å²) in [6.07, 6.45) is 3.12. The summed E-state index contributed by atoms with van der Waals surface area (Å²) >= 11 is 5.72. The van der Waals surface area contributed by atoms with E-state index in [1.54, 1.807) is 12.4 Å². The first-order valence-corrected chi connectivity index (χ1v) is 6.45. The quantitative estimate of drug-likeness (QED) is 0.911. The standard InChI is InChI=1S/C14H16ClN3O/c1-10-3-5-13(6-4-10)19-9-11(2)18-14-16-7-12(15)8-17-14/h3-8,11H,9H2,1-2H3,(H,16,17,18). The first-order valence-electron chi connectivity index (χ1n) is 6.07. The molecule has 1 atom stereocenters. The lowest BCUT2D eigenvalue weighted by atomic mass is 10.2. The van der Waals surface area contributed by atoms with E-state index in [0.717, 1.165) is 5.75 Å². The predicted molar refractivity (Wildman–Crippen MR) is 76.8 cm³/mol. The number of halogens is 1. The number of anilines is 1. The molecule has 0 bridgehead atoms. The highest BCUT2D eigenvalue weighted by atomic mass is 35.5. The Hall–Kier alpha value is -1.81. The van der Waals surface area contributed by atoms with Crippen LogP contribution in [0.4, 0.5) is 5.95 Å². The van der Waals surface area contributed by atoms with E-state index in [2.05, 4.69) is 15.3 Å². The summed E-state index contributed by atoms with van der Waals surface area (Å²) < 4.78 is 5.67. The minimum absolute atomic E-state index is 0.0995. The van der Waals surface area contributed by atoms with Crippen molar-refractivity contribution in [3.63, 3.8) is 0 Å². The summed E-state index contributed by atoms with van der Waals surface area (Å²) in [5.74, 6) is 1.40. The summed E-state index contributed by atoms with van der Waals surface area (Å²) in [6.45, 7) is 4.59. The Bertz CT molecular complexity index is 513. The fourth-order valence-corrected chi connectivity index (χ4v) is 1.60. The molecule has 0 aliphatic heterocycles. The van der Waals surface area contributed by atoms with E-state index in [1.807, 2.05) is 38.1 Å². The lowest BCUT2D eigenvalue weighted by Gasteiger charge is -2.14. The van der Waals surface area contributed by atoms with Crippen molar-refractivity contribution >= 4 is 17.5 Å². The molecule has 1 aromatic heterocycles. The number of nitrogens with one attached hydrogen (secondary N) is 1.